The predicted molar refractivity (Wildman–Crippen MR) is 94.3 cm³/mol. The van der Waals surface area contributed by atoms with Crippen LogP contribution in [0.15, 0.2) is 20.4 Å². The minimum atomic E-state index is -0.262. The molecule has 0 amide bonds. The lowest BCUT2D eigenvalue weighted by Crippen LogP contribution is -2.48. The fourth-order valence-corrected chi connectivity index (χ4v) is 4.48. The van der Waals surface area contributed by atoms with E-state index in [0.717, 1.165) is 27.9 Å². The minimum absolute atomic E-state index is 0.176. The van der Waals surface area contributed by atoms with Gasteiger partial charge in [-0.2, -0.15) is 4.98 Å². The number of hydrogen-bond acceptors (Lipinski definition) is 6. The Morgan fingerprint density at radius 3 is 2.83 bits per heavy atom. The van der Waals surface area contributed by atoms with Crippen molar-refractivity contribution in [2.75, 3.05) is 0 Å². The molecule has 126 valence electrons. The molecule has 1 saturated carbocycles. The third kappa shape index (κ3) is 4.02. The van der Waals surface area contributed by atoms with Gasteiger partial charge in [-0.25, -0.2) is 0 Å². The second-order valence-electron chi connectivity index (χ2n) is 6.30. The maximum atomic E-state index is 10.3. The van der Waals surface area contributed by atoms with Crippen LogP contribution in [-0.4, -0.2) is 38.3 Å². The highest BCUT2D eigenvalue weighted by Crippen LogP contribution is 2.30. The number of halogens is 1. The molecule has 1 aliphatic rings. The second kappa shape index (κ2) is 7.42. The number of nitrogens with zero attached hydrogens (tertiary/aromatic N) is 3. The lowest BCUT2D eigenvalue weighted by atomic mass is 9.90. The van der Waals surface area contributed by atoms with Crippen molar-refractivity contribution in [3.8, 4) is 10.7 Å². The van der Waals surface area contributed by atoms with E-state index in [9.17, 15) is 5.11 Å². The highest BCUT2D eigenvalue weighted by molar-refractivity contribution is 9.11. The van der Waals surface area contributed by atoms with Crippen molar-refractivity contribution in [1.29, 1.82) is 0 Å². The lowest BCUT2D eigenvalue weighted by Gasteiger charge is -2.39. The fourth-order valence-electron chi connectivity index (χ4n) is 3.17. The van der Waals surface area contributed by atoms with E-state index in [1.54, 1.807) is 11.3 Å². The zero-order valence-corrected chi connectivity index (χ0v) is 15.8. The summed E-state index contributed by atoms with van der Waals surface area (Å²) in [7, 11) is 0. The smallest absolute Gasteiger partial charge is 0.241 e. The third-order valence-electron chi connectivity index (χ3n) is 4.36. The number of aliphatic hydroxyl groups excluding tert-OH is 1. The molecule has 5 nitrogen and oxygen atoms in total. The molecule has 1 aliphatic carbocycles. The van der Waals surface area contributed by atoms with Crippen LogP contribution in [0.2, 0.25) is 0 Å². The Balaban J connectivity index is 1.74. The maximum absolute atomic E-state index is 10.3. The highest BCUT2D eigenvalue weighted by Gasteiger charge is 2.31. The molecular weight excluding hydrogens is 378 g/mol. The van der Waals surface area contributed by atoms with Crippen molar-refractivity contribution < 1.29 is 9.63 Å². The summed E-state index contributed by atoms with van der Waals surface area (Å²) in [6.45, 7) is 4.88. The van der Waals surface area contributed by atoms with Gasteiger partial charge in [0, 0.05) is 12.1 Å². The van der Waals surface area contributed by atoms with Crippen molar-refractivity contribution in [3.05, 3.63) is 21.8 Å². The molecule has 23 heavy (non-hydrogen) atoms. The quantitative estimate of drug-likeness (QED) is 0.820. The Kier molecular flexibility index (Phi) is 5.51. The van der Waals surface area contributed by atoms with E-state index < -0.39 is 0 Å². The molecule has 0 aromatic carbocycles. The van der Waals surface area contributed by atoms with Crippen LogP contribution >= 0.6 is 27.3 Å². The van der Waals surface area contributed by atoms with Gasteiger partial charge in [0.05, 0.1) is 21.3 Å². The first-order chi connectivity index (χ1) is 11.0. The maximum Gasteiger partial charge on any atom is 0.241 e. The zero-order chi connectivity index (χ0) is 16.4. The van der Waals surface area contributed by atoms with Crippen LogP contribution in [0.5, 0.6) is 0 Å². The first-order valence-electron chi connectivity index (χ1n) is 8.06. The summed E-state index contributed by atoms with van der Waals surface area (Å²) in [6, 6.07) is 4.46. The van der Waals surface area contributed by atoms with Crippen molar-refractivity contribution in [2.45, 2.75) is 64.3 Å². The van der Waals surface area contributed by atoms with Crippen molar-refractivity contribution in [1.82, 2.24) is 15.0 Å². The van der Waals surface area contributed by atoms with Gasteiger partial charge in [0.2, 0.25) is 11.7 Å². The molecule has 0 saturated heterocycles. The van der Waals surface area contributed by atoms with Gasteiger partial charge in [0.25, 0.3) is 0 Å². The van der Waals surface area contributed by atoms with Crippen LogP contribution < -0.4 is 0 Å². The molecule has 0 aliphatic heterocycles. The zero-order valence-electron chi connectivity index (χ0n) is 13.4. The van der Waals surface area contributed by atoms with Crippen LogP contribution in [0, 0.1) is 0 Å². The van der Waals surface area contributed by atoms with E-state index in [1.807, 2.05) is 12.1 Å². The summed E-state index contributed by atoms with van der Waals surface area (Å²) >= 11 is 5.04. The normalized spacial score (nSPS) is 22.2. The van der Waals surface area contributed by atoms with Crippen LogP contribution in [0.25, 0.3) is 10.7 Å². The topological polar surface area (TPSA) is 62.4 Å². The molecular formula is C16H22BrN3O2S. The van der Waals surface area contributed by atoms with Gasteiger partial charge in [0.15, 0.2) is 0 Å². The molecule has 2 aromatic heterocycles. The summed E-state index contributed by atoms with van der Waals surface area (Å²) in [6.07, 6.45) is 3.93. The monoisotopic (exact) mass is 399 g/mol. The first kappa shape index (κ1) is 17.1. The van der Waals surface area contributed by atoms with E-state index in [2.05, 4.69) is 44.8 Å². The SMILES string of the molecule is CC(C)N(Cc1nc(-c2ccc(Br)s2)no1)C1CCCCC1O. The van der Waals surface area contributed by atoms with E-state index in [0.29, 0.717) is 24.3 Å². The molecule has 2 atom stereocenters. The Labute approximate surface area is 148 Å². The van der Waals surface area contributed by atoms with Crippen LogP contribution in [0.4, 0.5) is 0 Å². The number of aromatic nitrogens is 2. The average Bonchev–Trinajstić information content (AvgIpc) is 3.14. The first-order valence-corrected chi connectivity index (χ1v) is 9.67. The van der Waals surface area contributed by atoms with Gasteiger partial charge in [0.1, 0.15) is 0 Å². The Hall–Kier alpha value is -0.760. The molecule has 2 aromatic rings. The van der Waals surface area contributed by atoms with Crippen LogP contribution in [0.1, 0.15) is 45.4 Å². The van der Waals surface area contributed by atoms with Crippen molar-refractivity contribution in [2.24, 2.45) is 0 Å². The second-order valence-corrected chi connectivity index (χ2v) is 8.76. The summed E-state index contributed by atoms with van der Waals surface area (Å²) in [4.78, 5) is 7.79. The summed E-state index contributed by atoms with van der Waals surface area (Å²) < 4.78 is 6.49. The van der Waals surface area contributed by atoms with Crippen LogP contribution in [-0.2, 0) is 6.54 Å². The van der Waals surface area contributed by atoms with Gasteiger partial charge < -0.3 is 9.63 Å². The molecule has 2 unspecified atom stereocenters. The molecule has 1 fully saturated rings. The summed E-state index contributed by atoms with van der Waals surface area (Å²) in [5.74, 6) is 1.24. The number of hydrogen-bond donors (Lipinski definition) is 1. The molecule has 1 N–H and O–H groups in total. The summed E-state index contributed by atoms with van der Waals surface area (Å²) in [5.41, 5.74) is 0. The molecule has 2 heterocycles. The molecule has 0 radical (unpaired) electrons. The molecule has 3 rings (SSSR count). The van der Waals surface area contributed by atoms with Crippen molar-refractivity contribution in [3.63, 3.8) is 0 Å². The van der Waals surface area contributed by atoms with Crippen molar-refractivity contribution >= 4 is 27.3 Å². The average molecular weight is 400 g/mol. The molecule has 0 bridgehead atoms. The Morgan fingerprint density at radius 1 is 1.39 bits per heavy atom. The van der Waals surface area contributed by atoms with Gasteiger partial charge in [-0.15, -0.1) is 11.3 Å². The molecule has 0 spiro atoms. The predicted octanol–water partition coefficient (Wildman–Crippen LogP) is 4.07. The van der Waals surface area contributed by atoms with E-state index in [-0.39, 0.29) is 12.1 Å². The van der Waals surface area contributed by atoms with E-state index >= 15 is 0 Å². The Morgan fingerprint density at radius 2 is 2.17 bits per heavy atom. The standard InChI is InChI=1S/C16H22BrN3O2S/c1-10(2)20(11-5-3-4-6-12(11)21)9-15-18-16(19-22-15)13-7-8-14(17)23-13/h7-8,10-12,21H,3-6,9H2,1-2H3. The largest absolute Gasteiger partial charge is 0.391 e. The van der Waals surface area contributed by atoms with Crippen LogP contribution in [0.3, 0.4) is 0 Å². The number of rotatable bonds is 5. The highest BCUT2D eigenvalue weighted by atomic mass is 79.9. The lowest BCUT2D eigenvalue weighted by molar-refractivity contribution is -0.00419. The van der Waals surface area contributed by atoms with E-state index in [4.69, 9.17) is 4.52 Å². The minimum Gasteiger partial charge on any atom is -0.391 e. The van der Waals surface area contributed by atoms with Gasteiger partial charge in [-0.05, 0) is 54.8 Å². The summed E-state index contributed by atoms with van der Waals surface area (Å²) in [5, 5.41) is 14.4. The van der Waals surface area contributed by atoms with Gasteiger partial charge in [-0.3, -0.25) is 4.90 Å². The number of aliphatic hydroxyl groups is 1. The molecule has 7 heteroatoms. The van der Waals surface area contributed by atoms with E-state index in [1.165, 1.54) is 6.42 Å². The third-order valence-corrected chi connectivity index (χ3v) is 5.98. The Bertz CT molecular complexity index is 643. The number of thiophene rings is 1. The van der Waals surface area contributed by atoms with Gasteiger partial charge >= 0.3 is 0 Å². The van der Waals surface area contributed by atoms with Gasteiger partial charge in [-0.1, -0.05) is 18.0 Å². The fraction of sp³-hybridized carbons (Fsp3) is 0.625.